The first-order valence-electron chi connectivity index (χ1n) is 11.4. The number of hydrogen-bond acceptors (Lipinski definition) is 5. The van der Waals surface area contributed by atoms with Crippen molar-refractivity contribution in [3.63, 3.8) is 0 Å². The lowest BCUT2D eigenvalue weighted by Crippen LogP contribution is -2.50. The van der Waals surface area contributed by atoms with Crippen molar-refractivity contribution in [2.75, 3.05) is 27.0 Å². The van der Waals surface area contributed by atoms with Gasteiger partial charge in [-0.3, -0.25) is 9.59 Å². The molecule has 3 aromatic rings. The summed E-state index contributed by atoms with van der Waals surface area (Å²) in [6.07, 6.45) is 0.430. The summed E-state index contributed by atoms with van der Waals surface area (Å²) >= 11 is 1.53. The molecule has 0 aromatic heterocycles. The first-order valence-corrected chi connectivity index (χ1v) is 12.6. The van der Waals surface area contributed by atoms with Gasteiger partial charge in [0.2, 0.25) is 11.8 Å². The average Bonchev–Trinajstić information content (AvgIpc) is 2.91. The normalized spacial score (nSPS) is 11.4. The third kappa shape index (κ3) is 7.79. The molecule has 0 aliphatic heterocycles. The van der Waals surface area contributed by atoms with Crippen LogP contribution in [0.2, 0.25) is 0 Å². The molecule has 1 atom stereocenters. The van der Waals surface area contributed by atoms with Gasteiger partial charge in [-0.05, 0) is 41.0 Å². The van der Waals surface area contributed by atoms with Crippen molar-refractivity contribution in [3.05, 3.63) is 95.6 Å². The third-order valence-corrected chi connectivity index (χ3v) is 6.65. The van der Waals surface area contributed by atoms with E-state index in [4.69, 9.17) is 9.47 Å². The highest BCUT2D eigenvalue weighted by molar-refractivity contribution is 7.99. The van der Waals surface area contributed by atoms with E-state index in [2.05, 4.69) is 5.32 Å². The Bertz CT molecular complexity index is 1090. The Balaban J connectivity index is 1.79. The second-order valence-corrected chi connectivity index (χ2v) is 9.02. The van der Waals surface area contributed by atoms with E-state index in [1.165, 1.54) is 11.8 Å². The Hall–Kier alpha value is -3.45. The lowest BCUT2D eigenvalue weighted by atomic mass is 10.0. The van der Waals surface area contributed by atoms with Gasteiger partial charge in [0, 0.05) is 25.8 Å². The molecule has 7 heteroatoms. The molecule has 0 saturated heterocycles. The van der Waals surface area contributed by atoms with Crippen molar-refractivity contribution < 1.29 is 19.1 Å². The number of hydrogen-bond donors (Lipinski definition) is 1. The molecule has 3 aromatic carbocycles. The molecule has 0 aliphatic rings. The van der Waals surface area contributed by atoms with Crippen molar-refractivity contribution in [1.29, 1.82) is 0 Å². The summed E-state index contributed by atoms with van der Waals surface area (Å²) in [6, 6.07) is 24.5. The van der Waals surface area contributed by atoms with Gasteiger partial charge in [-0.15, -0.1) is 11.8 Å². The highest BCUT2D eigenvalue weighted by Crippen LogP contribution is 2.21. The van der Waals surface area contributed by atoms with Crippen LogP contribution in [-0.2, 0) is 28.3 Å². The maximum Gasteiger partial charge on any atom is 0.242 e. The second kappa shape index (κ2) is 13.4. The van der Waals surface area contributed by atoms with Gasteiger partial charge in [0.05, 0.1) is 20.0 Å². The number of amides is 2. The van der Waals surface area contributed by atoms with Crippen molar-refractivity contribution in [2.24, 2.45) is 0 Å². The minimum absolute atomic E-state index is 0.0872. The molecule has 0 unspecified atom stereocenters. The molecule has 0 spiro atoms. The zero-order chi connectivity index (χ0) is 25.0. The summed E-state index contributed by atoms with van der Waals surface area (Å²) in [5, 5.41) is 2.75. The number of ether oxygens (including phenoxy) is 2. The number of rotatable bonds is 12. The van der Waals surface area contributed by atoms with Crippen LogP contribution >= 0.6 is 11.8 Å². The van der Waals surface area contributed by atoms with E-state index in [1.54, 1.807) is 26.2 Å². The number of nitrogens with one attached hydrogen (secondary N) is 1. The number of nitrogens with zero attached hydrogens (tertiary/aromatic N) is 1. The van der Waals surface area contributed by atoms with Crippen molar-refractivity contribution in [1.82, 2.24) is 10.2 Å². The van der Waals surface area contributed by atoms with Gasteiger partial charge in [-0.1, -0.05) is 54.6 Å². The Kier molecular flexibility index (Phi) is 10.0. The molecule has 3 rings (SSSR count). The number of likely N-dealkylation sites (N-methyl/N-ethyl adjacent to an activating group) is 1. The summed E-state index contributed by atoms with van der Waals surface area (Å²) in [7, 11) is 4.85. The van der Waals surface area contributed by atoms with Crippen molar-refractivity contribution >= 4 is 23.6 Å². The molecule has 0 saturated carbocycles. The highest BCUT2D eigenvalue weighted by atomic mass is 32.2. The van der Waals surface area contributed by atoms with Crippen LogP contribution in [0.4, 0.5) is 0 Å². The Morgan fingerprint density at radius 3 is 2.20 bits per heavy atom. The van der Waals surface area contributed by atoms with E-state index in [9.17, 15) is 9.59 Å². The molecule has 0 aliphatic carbocycles. The summed E-state index contributed by atoms with van der Waals surface area (Å²) in [5.74, 6) is 2.18. The average molecular weight is 493 g/mol. The number of benzene rings is 3. The van der Waals surface area contributed by atoms with Crippen LogP contribution in [0.3, 0.4) is 0 Å². The van der Waals surface area contributed by atoms with Gasteiger partial charge < -0.3 is 19.7 Å². The van der Waals surface area contributed by atoms with Crippen molar-refractivity contribution in [3.8, 4) is 11.5 Å². The predicted octanol–water partition coefficient (Wildman–Crippen LogP) is 4.32. The first-order chi connectivity index (χ1) is 17.0. The SMILES string of the molecule is CNC(=O)[C@H](Cc1ccccc1)N(Cc1cccc(OC)c1)C(=O)CSCc1ccc(OC)cc1. The lowest BCUT2D eigenvalue weighted by Gasteiger charge is -2.31. The Labute approximate surface area is 211 Å². The molecular formula is C28H32N2O4S. The van der Waals surface area contributed by atoms with E-state index < -0.39 is 6.04 Å². The third-order valence-electron chi connectivity index (χ3n) is 5.66. The van der Waals surface area contributed by atoms with E-state index in [1.807, 2.05) is 78.9 Å². The molecule has 184 valence electrons. The van der Waals surface area contributed by atoms with Gasteiger partial charge in [0.15, 0.2) is 0 Å². The van der Waals surface area contributed by atoms with E-state index in [0.29, 0.717) is 24.5 Å². The number of carbonyl (C=O) groups excluding carboxylic acids is 2. The molecule has 0 heterocycles. The zero-order valence-corrected chi connectivity index (χ0v) is 21.2. The van der Waals surface area contributed by atoms with Crippen LogP contribution in [0.1, 0.15) is 16.7 Å². The zero-order valence-electron chi connectivity index (χ0n) is 20.4. The monoisotopic (exact) mass is 492 g/mol. The smallest absolute Gasteiger partial charge is 0.242 e. The van der Waals surface area contributed by atoms with Gasteiger partial charge in [0.1, 0.15) is 17.5 Å². The van der Waals surface area contributed by atoms with Gasteiger partial charge in [0.25, 0.3) is 0 Å². The lowest BCUT2D eigenvalue weighted by molar-refractivity contribution is -0.139. The van der Waals surface area contributed by atoms with Crippen LogP contribution in [0.5, 0.6) is 11.5 Å². The second-order valence-electron chi connectivity index (χ2n) is 8.03. The van der Waals surface area contributed by atoms with E-state index in [-0.39, 0.29) is 17.6 Å². The summed E-state index contributed by atoms with van der Waals surface area (Å²) in [4.78, 5) is 28.2. The number of thioether (sulfide) groups is 1. The fourth-order valence-corrected chi connectivity index (χ4v) is 4.62. The van der Waals surface area contributed by atoms with Crippen LogP contribution in [-0.4, -0.2) is 49.8 Å². The van der Waals surface area contributed by atoms with Crippen LogP contribution in [0.25, 0.3) is 0 Å². The minimum atomic E-state index is -0.636. The number of methoxy groups -OCH3 is 2. The Morgan fingerprint density at radius 1 is 0.857 bits per heavy atom. The van der Waals surface area contributed by atoms with Gasteiger partial charge in [-0.25, -0.2) is 0 Å². The molecule has 6 nitrogen and oxygen atoms in total. The molecule has 0 radical (unpaired) electrons. The molecule has 1 N–H and O–H groups in total. The predicted molar refractivity (Wildman–Crippen MR) is 141 cm³/mol. The molecule has 0 fully saturated rings. The summed E-state index contributed by atoms with van der Waals surface area (Å²) in [6.45, 7) is 0.310. The number of carbonyl (C=O) groups is 2. The minimum Gasteiger partial charge on any atom is -0.497 e. The van der Waals surface area contributed by atoms with Gasteiger partial charge >= 0.3 is 0 Å². The van der Waals surface area contributed by atoms with E-state index in [0.717, 1.165) is 22.4 Å². The van der Waals surface area contributed by atoms with Crippen LogP contribution in [0.15, 0.2) is 78.9 Å². The summed E-state index contributed by atoms with van der Waals surface area (Å²) in [5.41, 5.74) is 3.00. The standard InChI is InChI=1S/C28H32N2O4S/c1-29-28(32)26(17-21-8-5-4-6-9-21)30(18-23-10-7-11-25(16-23)34-3)27(31)20-35-19-22-12-14-24(33-2)15-13-22/h4-16,26H,17-20H2,1-3H3,(H,29,32)/t26-/m0/s1. The first kappa shape index (κ1) is 26.2. The maximum absolute atomic E-state index is 13.5. The van der Waals surface area contributed by atoms with Crippen LogP contribution in [0, 0.1) is 0 Å². The maximum atomic E-state index is 13.5. The quantitative estimate of drug-likeness (QED) is 0.408. The molecule has 2 amide bonds. The fourth-order valence-electron chi connectivity index (χ4n) is 3.75. The van der Waals surface area contributed by atoms with Crippen LogP contribution < -0.4 is 14.8 Å². The topological polar surface area (TPSA) is 67.9 Å². The highest BCUT2D eigenvalue weighted by Gasteiger charge is 2.29. The largest absolute Gasteiger partial charge is 0.497 e. The Morgan fingerprint density at radius 2 is 1.54 bits per heavy atom. The van der Waals surface area contributed by atoms with E-state index >= 15 is 0 Å². The fraction of sp³-hybridized carbons (Fsp3) is 0.286. The summed E-state index contributed by atoms with van der Waals surface area (Å²) < 4.78 is 10.6. The molecular weight excluding hydrogens is 460 g/mol. The van der Waals surface area contributed by atoms with Crippen molar-refractivity contribution in [2.45, 2.75) is 24.8 Å². The van der Waals surface area contributed by atoms with Gasteiger partial charge in [-0.2, -0.15) is 0 Å². The molecule has 0 bridgehead atoms. The molecule has 35 heavy (non-hydrogen) atoms.